The predicted molar refractivity (Wildman–Crippen MR) is 103 cm³/mol. The highest BCUT2D eigenvalue weighted by Crippen LogP contribution is 2.28. The van der Waals surface area contributed by atoms with Gasteiger partial charge in [0.25, 0.3) is 0 Å². The lowest BCUT2D eigenvalue weighted by Gasteiger charge is -2.25. The zero-order valence-corrected chi connectivity index (χ0v) is 16.4. The maximum atomic E-state index is 12.7. The van der Waals surface area contributed by atoms with Crippen LogP contribution in [-0.4, -0.2) is 36.8 Å². The van der Waals surface area contributed by atoms with Crippen LogP contribution in [0.1, 0.15) is 45.2 Å². The lowest BCUT2D eigenvalue weighted by atomic mass is 10.2. The van der Waals surface area contributed by atoms with E-state index in [9.17, 15) is 13.7 Å². The van der Waals surface area contributed by atoms with E-state index in [0.29, 0.717) is 30.4 Å². The first-order valence-electron chi connectivity index (χ1n) is 9.23. The molecule has 0 spiro atoms. The van der Waals surface area contributed by atoms with Crippen molar-refractivity contribution in [2.24, 2.45) is 0 Å². The fraction of sp³-hybridized carbons (Fsp3) is 0.474. The molecule has 1 aliphatic rings. The van der Waals surface area contributed by atoms with Crippen molar-refractivity contribution in [3.8, 4) is 17.5 Å². The molecule has 1 fully saturated rings. The third-order valence-electron chi connectivity index (χ3n) is 4.78. The molecule has 1 N–H and O–H groups in total. The van der Waals surface area contributed by atoms with Gasteiger partial charge in [0.15, 0.2) is 0 Å². The van der Waals surface area contributed by atoms with Crippen LogP contribution in [0.2, 0.25) is 0 Å². The van der Waals surface area contributed by atoms with E-state index in [4.69, 9.17) is 4.42 Å². The monoisotopic (exact) mass is 388 g/mol. The number of nitrogens with one attached hydrogen (secondary N) is 1. The van der Waals surface area contributed by atoms with Crippen LogP contribution in [0.25, 0.3) is 11.5 Å². The molecule has 7 nitrogen and oxygen atoms in total. The second-order valence-corrected chi connectivity index (χ2v) is 8.69. The Kier molecular flexibility index (Phi) is 5.82. The Morgan fingerprint density at radius 2 is 1.93 bits per heavy atom. The fourth-order valence-corrected chi connectivity index (χ4v) is 4.48. The minimum Gasteiger partial charge on any atom is -0.419 e. The van der Waals surface area contributed by atoms with Crippen molar-refractivity contribution in [3.05, 3.63) is 30.0 Å². The Labute approximate surface area is 160 Å². The second-order valence-electron chi connectivity index (χ2n) is 6.75. The lowest BCUT2D eigenvalue weighted by molar-refractivity contribution is 0.346. The second kappa shape index (κ2) is 8.11. The smallest absolute Gasteiger partial charge is 0.243 e. The van der Waals surface area contributed by atoms with Gasteiger partial charge in [-0.25, -0.2) is 8.42 Å². The number of nitrogens with zero attached hydrogens (tertiary/aromatic N) is 3. The molecule has 2 aromatic rings. The standard InChI is InChI=1S/C19H24N4O3S/c1-3-14(2)21-19-17(13-20)22-18(26-19)15-7-9-16(10-8-15)27(24,25)23-11-5-4-6-12-23/h7-10,14,21H,3-6,11-12H2,1-2H3/t14-/m0/s1. The molecule has 0 radical (unpaired) electrons. The number of anilines is 1. The zero-order valence-electron chi connectivity index (χ0n) is 15.6. The summed E-state index contributed by atoms with van der Waals surface area (Å²) in [5.74, 6) is 0.631. The summed E-state index contributed by atoms with van der Waals surface area (Å²) in [5.41, 5.74) is 0.816. The molecule has 1 saturated heterocycles. The Balaban J connectivity index is 1.84. The molecule has 3 rings (SSSR count). The largest absolute Gasteiger partial charge is 0.419 e. The first kappa shape index (κ1) is 19.4. The number of piperidine rings is 1. The van der Waals surface area contributed by atoms with Crippen molar-refractivity contribution in [2.75, 3.05) is 18.4 Å². The van der Waals surface area contributed by atoms with Gasteiger partial charge < -0.3 is 9.73 Å². The molecule has 0 saturated carbocycles. The fourth-order valence-electron chi connectivity index (χ4n) is 2.97. The van der Waals surface area contributed by atoms with E-state index in [1.807, 2.05) is 19.9 Å². The Hall–Kier alpha value is -2.37. The Morgan fingerprint density at radius 3 is 2.52 bits per heavy atom. The van der Waals surface area contributed by atoms with Gasteiger partial charge in [-0.05, 0) is 50.5 Å². The quantitative estimate of drug-likeness (QED) is 0.812. The van der Waals surface area contributed by atoms with E-state index < -0.39 is 10.0 Å². The van der Waals surface area contributed by atoms with Gasteiger partial charge in [0.2, 0.25) is 27.5 Å². The van der Waals surface area contributed by atoms with E-state index in [0.717, 1.165) is 25.7 Å². The van der Waals surface area contributed by atoms with Crippen molar-refractivity contribution in [3.63, 3.8) is 0 Å². The number of hydrogen-bond donors (Lipinski definition) is 1. The summed E-state index contributed by atoms with van der Waals surface area (Å²) in [5, 5.41) is 12.4. The number of sulfonamides is 1. The SMILES string of the molecule is CC[C@H](C)Nc1oc(-c2ccc(S(=O)(=O)N3CCCCC3)cc2)nc1C#N. The first-order valence-corrected chi connectivity index (χ1v) is 10.7. The number of hydrogen-bond acceptors (Lipinski definition) is 6. The average molecular weight is 388 g/mol. The molecule has 1 aliphatic heterocycles. The lowest BCUT2D eigenvalue weighted by Crippen LogP contribution is -2.35. The van der Waals surface area contributed by atoms with Crippen LogP contribution in [0.4, 0.5) is 5.88 Å². The topological polar surface area (TPSA) is 99.2 Å². The number of benzene rings is 1. The first-order chi connectivity index (χ1) is 13.0. The molecule has 1 aromatic heterocycles. The minimum atomic E-state index is -3.47. The van der Waals surface area contributed by atoms with Gasteiger partial charge >= 0.3 is 0 Å². The number of rotatable bonds is 6. The maximum Gasteiger partial charge on any atom is 0.243 e. The average Bonchev–Trinajstić information content (AvgIpc) is 3.11. The summed E-state index contributed by atoms with van der Waals surface area (Å²) in [6, 6.07) is 8.63. The number of nitriles is 1. The van der Waals surface area contributed by atoms with Gasteiger partial charge in [0.05, 0.1) is 4.90 Å². The summed E-state index contributed by atoms with van der Waals surface area (Å²) in [7, 11) is -3.47. The maximum absolute atomic E-state index is 12.7. The van der Waals surface area contributed by atoms with Gasteiger partial charge in [0, 0.05) is 24.7 Å². The van der Waals surface area contributed by atoms with Gasteiger partial charge in [0.1, 0.15) is 6.07 Å². The summed E-state index contributed by atoms with van der Waals surface area (Å²) in [6.45, 7) is 5.16. The van der Waals surface area contributed by atoms with Crippen molar-refractivity contribution >= 4 is 15.9 Å². The van der Waals surface area contributed by atoms with E-state index in [1.54, 1.807) is 28.6 Å². The van der Waals surface area contributed by atoms with Crippen LogP contribution < -0.4 is 5.32 Å². The molecular formula is C19H24N4O3S. The summed E-state index contributed by atoms with van der Waals surface area (Å²) in [6.07, 6.45) is 3.75. The third-order valence-corrected chi connectivity index (χ3v) is 6.69. The van der Waals surface area contributed by atoms with Crippen molar-refractivity contribution in [2.45, 2.75) is 50.5 Å². The molecular weight excluding hydrogens is 364 g/mol. The van der Waals surface area contributed by atoms with E-state index in [1.165, 1.54) is 0 Å². The van der Waals surface area contributed by atoms with E-state index >= 15 is 0 Å². The van der Waals surface area contributed by atoms with Crippen LogP contribution in [0.15, 0.2) is 33.6 Å². The highest BCUT2D eigenvalue weighted by Gasteiger charge is 2.26. The number of oxazole rings is 1. The third kappa shape index (κ3) is 4.15. The highest BCUT2D eigenvalue weighted by molar-refractivity contribution is 7.89. The van der Waals surface area contributed by atoms with Crippen molar-refractivity contribution in [1.82, 2.24) is 9.29 Å². The Bertz CT molecular complexity index is 923. The van der Waals surface area contributed by atoms with Gasteiger partial charge in [-0.3, -0.25) is 0 Å². The molecule has 2 heterocycles. The minimum absolute atomic E-state index is 0.148. The number of aromatic nitrogens is 1. The zero-order chi connectivity index (χ0) is 19.4. The van der Waals surface area contributed by atoms with Crippen molar-refractivity contribution < 1.29 is 12.8 Å². The highest BCUT2D eigenvalue weighted by atomic mass is 32.2. The molecule has 27 heavy (non-hydrogen) atoms. The van der Waals surface area contributed by atoms with Crippen LogP contribution in [0.3, 0.4) is 0 Å². The van der Waals surface area contributed by atoms with Crippen molar-refractivity contribution in [1.29, 1.82) is 5.26 Å². The Morgan fingerprint density at radius 1 is 1.26 bits per heavy atom. The van der Waals surface area contributed by atoms with Crippen LogP contribution in [-0.2, 0) is 10.0 Å². The van der Waals surface area contributed by atoms with Gasteiger partial charge in [-0.1, -0.05) is 13.3 Å². The molecule has 0 bridgehead atoms. The van der Waals surface area contributed by atoms with Crippen LogP contribution in [0.5, 0.6) is 0 Å². The van der Waals surface area contributed by atoms with Crippen LogP contribution >= 0.6 is 0 Å². The summed E-state index contributed by atoms with van der Waals surface area (Å²) >= 11 is 0. The summed E-state index contributed by atoms with van der Waals surface area (Å²) < 4.78 is 32.7. The predicted octanol–water partition coefficient (Wildman–Crippen LogP) is 3.60. The van der Waals surface area contributed by atoms with Gasteiger partial charge in [-0.15, -0.1) is 0 Å². The molecule has 0 unspecified atom stereocenters. The van der Waals surface area contributed by atoms with Crippen LogP contribution in [0, 0.1) is 11.3 Å². The summed E-state index contributed by atoms with van der Waals surface area (Å²) in [4.78, 5) is 4.48. The molecule has 8 heteroatoms. The molecule has 0 amide bonds. The normalized spacial score (nSPS) is 16.6. The molecule has 144 valence electrons. The molecule has 1 aromatic carbocycles. The van der Waals surface area contributed by atoms with Gasteiger partial charge in [-0.2, -0.15) is 14.6 Å². The molecule has 1 atom stereocenters. The van der Waals surface area contributed by atoms with E-state index in [-0.39, 0.29) is 16.6 Å². The van der Waals surface area contributed by atoms with E-state index in [2.05, 4.69) is 10.3 Å². The molecule has 0 aliphatic carbocycles.